The third-order valence-corrected chi connectivity index (χ3v) is 3.68. The van der Waals surface area contributed by atoms with E-state index in [-0.39, 0.29) is 0 Å². The van der Waals surface area contributed by atoms with E-state index < -0.39 is 0 Å². The Labute approximate surface area is 92.1 Å². The maximum atomic E-state index is 5.43. The van der Waals surface area contributed by atoms with Crippen LogP contribution in [0.5, 0.6) is 0 Å². The molecule has 0 spiro atoms. The molecule has 1 saturated carbocycles. The molecule has 2 unspecified atom stereocenters. The van der Waals surface area contributed by atoms with Gasteiger partial charge in [0, 0.05) is 6.04 Å². The second-order valence-electron chi connectivity index (χ2n) is 4.61. The molecule has 1 heterocycles. The second-order valence-corrected chi connectivity index (χ2v) is 4.61. The third kappa shape index (κ3) is 2.43. The summed E-state index contributed by atoms with van der Waals surface area (Å²) in [5, 5.41) is 3.63. The zero-order valence-corrected chi connectivity index (χ0v) is 9.75. The molecule has 0 aromatic carbocycles. The fraction of sp³-hybridized carbons (Fsp3) is 0.692. The average molecular weight is 207 g/mol. The van der Waals surface area contributed by atoms with E-state index in [4.69, 9.17) is 4.42 Å². The van der Waals surface area contributed by atoms with Crippen LogP contribution < -0.4 is 5.32 Å². The molecule has 2 nitrogen and oxygen atoms in total. The van der Waals surface area contributed by atoms with Crippen molar-refractivity contribution in [3.63, 3.8) is 0 Å². The van der Waals surface area contributed by atoms with E-state index >= 15 is 0 Å². The van der Waals surface area contributed by atoms with E-state index in [0.717, 1.165) is 18.2 Å². The van der Waals surface area contributed by atoms with Crippen molar-refractivity contribution in [1.82, 2.24) is 5.32 Å². The summed E-state index contributed by atoms with van der Waals surface area (Å²) in [6.45, 7) is 5.29. The van der Waals surface area contributed by atoms with Gasteiger partial charge in [0.15, 0.2) is 0 Å². The molecule has 2 heteroatoms. The Morgan fingerprint density at radius 2 is 2.33 bits per heavy atom. The quantitative estimate of drug-likeness (QED) is 0.819. The summed E-state index contributed by atoms with van der Waals surface area (Å²) in [6, 6.07) is 2.74. The Bertz CT molecular complexity index is 305. The van der Waals surface area contributed by atoms with Gasteiger partial charge in [0.05, 0.1) is 12.8 Å². The lowest BCUT2D eigenvalue weighted by Gasteiger charge is -2.19. The van der Waals surface area contributed by atoms with Crippen LogP contribution in [0.2, 0.25) is 0 Å². The van der Waals surface area contributed by atoms with Crippen molar-refractivity contribution < 1.29 is 4.42 Å². The number of aryl methyl sites for hydroxylation is 1. The summed E-state index contributed by atoms with van der Waals surface area (Å²) < 4.78 is 5.43. The molecular formula is C13H21NO. The van der Waals surface area contributed by atoms with Crippen LogP contribution in [-0.2, 0) is 6.54 Å². The lowest BCUT2D eigenvalue weighted by Crippen LogP contribution is -2.31. The molecule has 0 saturated heterocycles. The SMILES string of the molecule is CCC1CCCC1NCc1occc1C. The molecule has 0 aliphatic heterocycles. The van der Waals surface area contributed by atoms with Gasteiger partial charge < -0.3 is 9.73 Å². The number of rotatable bonds is 4. The first-order chi connectivity index (χ1) is 7.31. The van der Waals surface area contributed by atoms with E-state index in [1.165, 1.54) is 31.2 Å². The Morgan fingerprint density at radius 1 is 1.47 bits per heavy atom. The van der Waals surface area contributed by atoms with E-state index in [0.29, 0.717) is 6.04 Å². The molecule has 0 amide bonds. The Hall–Kier alpha value is -0.760. The van der Waals surface area contributed by atoms with Crippen molar-refractivity contribution in [2.75, 3.05) is 0 Å². The van der Waals surface area contributed by atoms with Gasteiger partial charge in [-0.3, -0.25) is 0 Å². The first kappa shape index (κ1) is 10.7. The summed E-state index contributed by atoms with van der Waals surface area (Å²) in [7, 11) is 0. The monoisotopic (exact) mass is 207 g/mol. The molecule has 1 aromatic heterocycles. The van der Waals surface area contributed by atoms with Crippen LogP contribution in [0.1, 0.15) is 43.9 Å². The van der Waals surface area contributed by atoms with Crippen LogP contribution in [0.3, 0.4) is 0 Å². The fourth-order valence-electron chi connectivity index (χ4n) is 2.60. The molecule has 1 N–H and O–H groups in total. The van der Waals surface area contributed by atoms with E-state index in [2.05, 4.69) is 19.2 Å². The van der Waals surface area contributed by atoms with E-state index in [1.807, 2.05) is 6.07 Å². The number of furan rings is 1. The zero-order valence-electron chi connectivity index (χ0n) is 9.75. The van der Waals surface area contributed by atoms with Crippen LogP contribution in [0, 0.1) is 12.8 Å². The molecule has 1 aliphatic rings. The highest BCUT2D eigenvalue weighted by atomic mass is 16.3. The fourth-order valence-corrected chi connectivity index (χ4v) is 2.60. The highest BCUT2D eigenvalue weighted by Crippen LogP contribution is 2.28. The first-order valence-corrected chi connectivity index (χ1v) is 6.07. The lowest BCUT2D eigenvalue weighted by atomic mass is 10.0. The van der Waals surface area contributed by atoms with Crippen molar-refractivity contribution in [2.45, 2.75) is 52.1 Å². The van der Waals surface area contributed by atoms with Crippen molar-refractivity contribution in [3.05, 3.63) is 23.7 Å². The standard InChI is InChI=1S/C13H21NO/c1-3-11-5-4-6-12(11)14-9-13-10(2)7-8-15-13/h7-8,11-12,14H,3-6,9H2,1-2H3. The second kappa shape index (κ2) is 4.84. The van der Waals surface area contributed by atoms with Crippen molar-refractivity contribution in [2.24, 2.45) is 5.92 Å². The van der Waals surface area contributed by atoms with Crippen molar-refractivity contribution >= 4 is 0 Å². The Balaban J connectivity index is 1.85. The molecule has 1 aliphatic carbocycles. The topological polar surface area (TPSA) is 25.2 Å². The lowest BCUT2D eigenvalue weighted by molar-refractivity contribution is 0.369. The first-order valence-electron chi connectivity index (χ1n) is 6.07. The average Bonchev–Trinajstić information content (AvgIpc) is 2.83. The number of hydrogen-bond acceptors (Lipinski definition) is 2. The molecule has 0 radical (unpaired) electrons. The minimum Gasteiger partial charge on any atom is -0.468 e. The van der Waals surface area contributed by atoms with Gasteiger partial charge in [0.2, 0.25) is 0 Å². The van der Waals surface area contributed by atoms with Gasteiger partial charge >= 0.3 is 0 Å². The van der Waals surface area contributed by atoms with Gasteiger partial charge in [-0.15, -0.1) is 0 Å². The molecular weight excluding hydrogens is 186 g/mol. The maximum absolute atomic E-state index is 5.43. The molecule has 15 heavy (non-hydrogen) atoms. The van der Waals surface area contributed by atoms with Gasteiger partial charge in [0.1, 0.15) is 5.76 Å². The smallest absolute Gasteiger partial charge is 0.120 e. The van der Waals surface area contributed by atoms with Crippen LogP contribution in [0.25, 0.3) is 0 Å². The van der Waals surface area contributed by atoms with Gasteiger partial charge in [-0.25, -0.2) is 0 Å². The Morgan fingerprint density at radius 3 is 3.00 bits per heavy atom. The van der Waals surface area contributed by atoms with Crippen LogP contribution in [0.15, 0.2) is 16.7 Å². The highest BCUT2D eigenvalue weighted by Gasteiger charge is 2.25. The van der Waals surface area contributed by atoms with Crippen LogP contribution in [-0.4, -0.2) is 6.04 Å². The van der Waals surface area contributed by atoms with E-state index in [1.54, 1.807) is 6.26 Å². The predicted molar refractivity (Wildman–Crippen MR) is 61.7 cm³/mol. The van der Waals surface area contributed by atoms with Gasteiger partial charge in [-0.1, -0.05) is 19.8 Å². The minimum atomic E-state index is 0.708. The molecule has 2 rings (SSSR count). The molecule has 1 fully saturated rings. The summed E-state index contributed by atoms with van der Waals surface area (Å²) >= 11 is 0. The van der Waals surface area contributed by atoms with E-state index in [9.17, 15) is 0 Å². The van der Waals surface area contributed by atoms with Crippen LogP contribution >= 0.6 is 0 Å². The number of nitrogens with one attached hydrogen (secondary N) is 1. The largest absolute Gasteiger partial charge is 0.468 e. The summed E-state index contributed by atoms with van der Waals surface area (Å²) in [6.07, 6.45) is 7.18. The molecule has 1 aromatic rings. The molecule has 84 valence electrons. The van der Waals surface area contributed by atoms with Gasteiger partial charge in [0.25, 0.3) is 0 Å². The molecule has 2 atom stereocenters. The normalized spacial score (nSPS) is 26.0. The third-order valence-electron chi connectivity index (χ3n) is 3.68. The van der Waals surface area contributed by atoms with Gasteiger partial charge in [-0.2, -0.15) is 0 Å². The summed E-state index contributed by atoms with van der Waals surface area (Å²) in [4.78, 5) is 0. The highest BCUT2D eigenvalue weighted by molar-refractivity contribution is 5.14. The van der Waals surface area contributed by atoms with Gasteiger partial charge in [-0.05, 0) is 37.3 Å². The number of hydrogen-bond donors (Lipinski definition) is 1. The summed E-state index contributed by atoms with van der Waals surface area (Å²) in [5.74, 6) is 1.97. The van der Waals surface area contributed by atoms with Crippen molar-refractivity contribution in [1.29, 1.82) is 0 Å². The van der Waals surface area contributed by atoms with Crippen molar-refractivity contribution in [3.8, 4) is 0 Å². The predicted octanol–water partition coefficient (Wildman–Crippen LogP) is 3.26. The molecule has 0 bridgehead atoms. The zero-order chi connectivity index (χ0) is 10.7. The maximum Gasteiger partial charge on any atom is 0.120 e. The van der Waals surface area contributed by atoms with Crippen LogP contribution in [0.4, 0.5) is 0 Å². The summed E-state index contributed by atoms with van der Waals surface area (Å²) in [5.41, 5.74) is 1.26. The Kier molecular flexibility index (Phi) is 3.47. The minimum absolute atomic E-state index is 0.708.